The molecule has 1 aliphatic carbocycles. The molecule has 2 saturated heterocycles. The van der Waals surface area contributed by atoms with Crippen molar-refractivity contribution in [3.63, 3.8) is 0 Å². The molecule has 3 fully saturated rings. The molecule has 0 N–H and O–H groups in total. The topological polar surface area (TPSA) is 59.1 Å². The predicted molar refractivity (Wildman–Crippen MR) is 115 cm³/mol. The molecule has 31 heavy (non-hydrogen) atoms. The fraction of sp³-hybridized carbons (Fsp3) is 0.440. The Morgan fingerprint density at radius 1 is 0.903 bits per heavy atom. The van der Waals surface area contributed by atoms with Gasteiger partial charge in [0.05, 0.1) is 30.7 Å². The van der Waals surface area contributed by atoms with Gasteiger partial charge >= 0.3 is 5.97 Å². The summed E-state index contributed by atoms with van der Waals surface area (Å²) in [5.41, 5.74) is 2.74. The molecule has 3 aliphatic heterocycles. The van der Waals surface area contributed by atoms with Crippen LogP contribution in [0.1, 0.15) is 40.7 Å². The van der Waals surface area contributed by atoms with E-state index in [0.29, 0.717) is 25.1 Å². The lowest BCUT2D eigenvalue weighted by atomic mass is 9.91. The van der Waals surface area contributed by atoms with Crippen LogP contribution in [0.15, 0.2) is 48.5 Å². The molecule has 0 bridgehead atoms. The quantitative estimate of drug-likeness (QED) is 0.718. The molecule has 6 heteroatoms. The van der Waals surface area contributed by atoms with Crippen molar-refractivity contribution in [2.24, 2.45) is 0 Å². The van der Waals surface area contributed by atoms with Crippen LogP contribution in [0.4, 0.5) is 5.69 Å². The number of esters is 1. The monoisotopic (exact) mass is 418 g/mol. The van der Waals surface area contributed by atoms with Gasteiger partial charge in [0.1, 0.15) is 0 Å². The molecule has 2 aromatic rings. The van der Waals surface area contributed by atoms with Crippen LogP contribution in [0.25, 0.3) is 0 Å². The first kappa shape index (κ1) is 18.9. The summed E-state index contributed by atoms with van der Waals surface area (Å²) in [7, 11) is 0. The minimum absolute atomic E-state index is 0.170. The summed E-state index contributed by atoms with van der Waals surface area (Å²) in [6, 6.07) is 16.1. The van der Waals surface area contributed by atoms with E-state index in [-0.39, 0.29) is 11.9 Å². The lowest BCUT2D eigenvalue weighted by molar-refractivity contribution is -0.134. The van der Waals surface area contributed by atoms with Gasteiger partial charge in [0.25, 0.3) is 0 Å². The van der Waals surface area contributed by atoms with E-state index in [0.717, 1.165) is 50.3 Å². The molecule has 1 atom stereocenters. The second kappa shape index (κ2) is 6.82. The third kappa shape index (κ3) is 2.88. The minimum atomic E-state index is -0.681. The van der Waals surface area contributed by atoms with E-state index in [4.69, 9.17) is 9.47 Å². The first-order chi connectivity index (χ1) is 15.1. The van der Waals surface area contributed by atoms with E-state index >= 15 is 0 Å². The fourth-order valence-electron chi connectivity index (χ4n) is 5.47. The molecule has 160 valence electrons. The Bertz CT molecular complexity index is 1040. The van der Waals surface area contributed by atoms with Crippen molar-refractivity contribution >= 4 is 17.6 Å². The van der Waals surface area contributed by atoms with Crippen LogP contribution in [-0.4, -0.2) is 56.2 Å². The van der Waals surface area contributed by atoms with Crippen molar-refractivity contribution in [3.05, 3.63) is 65.2 Å². The molecule has 1 unspecified atom stereocenters. The maximum atomic E-state index is 13.6. The number of rotatable bonds is 3. The van der Waals surface area contributed by atoms with Gasteiger partial charge in [-0.15, -0.1) is 0 Å². The zero-order valence-electron chi connectivity index (χ0n) is 17.5. The largest absolute Gasteiger partial charge is 0.449 e. The van der Waals surface area contributed by atoms with Crippen LogP contribution >= 0.6 is 0 Å². The molecule has 6 rings (SSSR count). The fourth-order valence-corrected chi connectivity index (χ4v) is 5.47. The van der Waals surface area contributed by atoms with E-state index in [2.05, 4.69) is 29.2 Å². The first-order valence-corrected chi connectivity index (χ1v) is 11.2. The third-order valence-corrected chi connectivity index (χ3v) is 7.40. The number of carbonyl (C=O) groups is 2. The first-order valence-electron chi connectivity index (χ1n) is 11.2. The Morgan fingerprint density at radius 2 is 1.65 bits per heavy atom. The summed E-state index contributed by atoms with van der Waals surface area (Å²) in [5.74, 6) is -0.103. The van der Waals surface area contributed by atoms with Crippen LogP contribution in [0.3, 0.4) is 0 Å². The summed E-state index contributed by atoms with van der Waals surface area (Å²) < 4.78 is 11.3. The van der Waals surface area contributed by atoms with Crippen molar-refractivity contribution in [2.75, 3.05) is 44.3 Å². The highest BCUT2D eigenvalue weighted by atomic mass is 16.6. The van der Waals surface area contributed by atoms with Gasteiger partial charge in [-0.1, -0.05) is 30.3 Å². The minimum Gasteiger partial charge on any atom is -0.449 e. The Balaban J connectivity index is 1.21. The van der Waals surface area contributed by atoms with Gasteiger partial charge in [0, 0.05) is 37.3 Å². The van der Waals surface area contributed by atoms with Crippen LogP contribution in [0.2, 0.25) is 0 Å². The lowest BCUT2D eigenvalue weighted by Crippen LogP contribution is -2.40. The number of likely N-dealkylation sites (tertiary alicyclic amines) is 1. The lowest BCUT2D eigenvalue weighted by Gasteiger charge is -2.29. The average molecular weight is 418 g/mol. The van der Waals surface area contributed by atoms with E-state index in [1.165, 1.54) is 5.69 Å². The van der Waals surface area contributed by atoms with E-state index in [1.807, 2.05) is 29.2 Å². The van der Waals surface area contributed by atoms with Gasteiger partial charge in [-0.25, -0.2) is 4.79 Å². The van der Waals surface area contributed by atoms with Crippen molar-refractivity contribution in [3.8, 4) is 0 Å². The number of carbonyl (C=O) groups excluding carboxylic acids is 2. The van der Waals surface area contributed by atoms with Gasteiger partial charge in [0.2, 0.25) is 5.91 Å². The second-order valence-corrected chi connectivity index (χ2v) is 9.13. The van der Waals surface area contributed by atoms with Gasteiger partial charge in [0.15, 0.2) is 5.60 Å². The summed E-state index contributed by atoms with van der Waals surface area (Å²) in [6.45, 7) is 4.39. The molecule has 1 amide bonds. The maximum absolute atomic E-state index is 13.6. The Kier molecular flexibility index (Phi) is 4.15. The zero-order valence-corrected chi connectivity index (χ0v) is 17.5. The van der Waals surface area contributed by atoms with Crippen molar-refractivity contribution in [1.82, 2.24) is 4.90 Å². The standard InChI is InChI=1S/C25H26N2O4/c28-22-20-3-1-2-4-21(20)25(31-22)11-12-27(17-25)23(29)24(9-10-24)18-5-7-19(8-6-18)26-13-15-30-16-14-26/h1-8H,9-17H2. The molecule has 3 heterocycles. The van der Waals surface area contributed by atoms with Crippen LogP contribution in [0, 0.1) is 0 Å². The number of benzene rings is 2. The number of hydrogen-bond donors (Lipinski definition) is 0. The average Bonchev–Trinajstić information content (AvgIpc) is 3.46. The van der Waals surface area contributed by atoms with Crippen molar-refractivity contribution in [2.45, 2.75) is 30.3 Å². The number of amides is 1. The highest BCUT2D eigenvalue weighted by molar-refractivity contribution is 5.96. The predicted octanol–water partition coefficient (Wildman–Crippen LogP) is 2.85. The summed E-state index contributed by atoms with van der Waals surface area (Å²) >= 11 is 0. The van der Waals surface area contributed by atoms with Crippen molar-refractivity contribution < 1.29 is 19.1 Å². The highest BCUT2D eigenvalue weighted by Gasteiger charge is 2.57. The number of anilines is 1. The summed E-state index contributed by atoms with van der Waals surface area (Å²) in [5, 5.41) is 0. The van der Waals surface area contributed by atoms with Gasteiger partial charge < -0.3 is 19.3 Å². The molecule has 1 saturated carbocycles. The molecule has 2 aromatic carbocycles. The SMILES string of the molecule is O=C1OC2(CCN(C(=O)C3(c4ccc(N5CCOCC5)cc4)CC3)C2)c2ccccc21. The molecular weight excluding hydrogens is 392 g/mol. The Labute approximate surface area is 181 Å². The smallest absolute Gasteiger partial charge is 0.339 e. The number of nitrogens with zero attached hydrogens (tertiary/aromatic N) is 2. The number of fused-ring (bicyclic) bond motifs is 2. The molecule has 1 spiro atoms. The number of hydrogen-bond acceptors (Lipinski definition) is 5. The molecule has 4 aliphatic rings. The number of ether oxygens (including phenoxy) is 2. The third-order valence-electron chi connectivity index (χ3n) is 7.40. The zero-order chi connectivity index (χ0) is 21.1. The molecule has 6 nitrogen and oxygen atoms in total. The molecule has 0 aromatic heterocycles. The summed E-state index contributed by atoms with van der Waals surface area (Å²) in [6.07, 6.45) is 2.42. The van der Waals surface area contributed by atoms with E-state index < -0.39 is 11.0 Å². The maximum Gasteiger partial charge on any atom is 0.339 e. The summed E-state index contributed by atoms with van der Waals surface area (Å²) in [4.78, 5) is 30.2. The Morgan fingerprint density at radius 3 is 2.39 bits per heavy atom. The molecule has 0 radical (unpaired) electrons. The Hall–Kier alpha value is -2.86. The highest BCUT2D eigenvalue weighted by Crippen LogP contribution is 2.52. The number of morpholine rings is 1. The van der Waals surface area contributed by atoms with E-state index in [9.17, 15) is 9.59 Å². The second-order valence-electron chi connectivity index (χ2n) is 9.13. The van der Waals surface area contributed by atoms with Crippen LogP contribution in [0.5, 0.6) is 0 Å². The van der Waals surface area contributed by atoms with Crippen LogP contribution in [-0.2, 0) is 25.3 Å². The van der Waals surface area contributed by atoms with Gasteiger partial charge in [-0.05, 0) is 36.6 Å². The van der Waals surface area contributed by atoms with Gasteiger partial charge in [-0.3, -0.25) is 4.79 Å². The van der Waals surface area contributed by atoms with E-state index in [1.54, 1.807) is 0 Å². The normalized spacial score (nSPS) is 26.1. The van der Waals surface area contributed by atoms with Crippen LogP contribution < -0.4 is 4.90 Å². The molecular formula is C25H26N2O4. The van der Waals surface area contributed by atoms with Crippen molar-refractivity contribution in [1.29, 1.82) is 0 Å². The van der Waals surface area contributed by atoms with Gasteiger partial charge in [-0.2, -0.15) is 0 Å².